The minimum absolute atomic E-state index is 0.161. The Labute approximate surface area is 121 Å². The average Bonchev–Trinajstić information content (AvgIpc) is 2.40. The van der Waals surface area contributed by atoms with Crippen LogP contribution in [0.1, 0.15) is 5.56 Å². The number of halogens is 1. The van der Waals surface area contributed by atoms with Gasteiger partial charge < -0.3 is 9.39 Å². The van der Waals surface area contributed by atoms with E-state index in [1.54, 1.807) is 0 Å². The number of rotatable bonds is 4. The van der Waals surface area contributed by atoms with Crippen molar-refractivity contribution in [3.05, 3.63) is 65.1 Å². The summed E-state index contributed by atoms with van der Waals surface area (Å²) in [6.45, 7) is 0. The fraction of sp³-hybridized carbons (Fsp3) is 0.0714. The van der Waals surface area contributed by atoms with Gasteiger partial charge >= 0.3 is 10.1 Å². The van der Waals surface area contributed by atoms with E-state index in [-0.39, 0.29) is 11.4 Å². The molecule has 2 rings (SSSR count). The summed E-state index contributed by atoms with van der Waals surface area (Å²) in [6.07, 6.45) is 2.23. The van der Waals surface area contributed by atoms with Gasteiger partial charge in [-0.15, -0.1) is 0 Å². The molecule has 110 valence electrons. The predicted octanol–water partition coefficient (Wildman–Crippen LogP) is 2.43. The van der Waals surface area contributed by atoms with Crippen LogP contribution in [0.4, 0.5) is 10.1 Å². The largest absolute Gasteiger partial charge is 0.618 e. The number of hydrogen-bond donors (Lipinski definition) is 0. The smallest absolute Gasteiger partial charge is 0.306 e. The fourth-order valence-electron chi connectivity index (χ4n) is 1.58. The van der Waals surface area contributed by atoms with Gasteiger partial charge in [-0.05, 0) is 36.4 Å². The Kier molecular flexibility index (Phi) is 4.23. The van der Waals surface area contributed by atoms with Crippen LogP contribution in [0.15, 0.2) is 48.5 Å². The van der Waals surface area contributed by atoms with Gasteiger partial charge in [-0.3, -0.25) is 0 Å². The molecule has 0 saturated heterocycles. The first-order chi connectivity index (χ1) is 9.83. The van der Waals surface area contributed by atoms with Crippen molar-refractivity contribution in [1.29, 1.82) is 0 Å². The third-order valence-electron chi connectivity index (χ3n) is 2.48. The first kappa shape index (κ1) is 15.0. The van der Waals surface area contributed by atoms with Gasteiger partial charge in [0.05, 0.1) is 6.26 Å². The van der Waals surface area contributed by atoms with E-state index in [9.17, 15) is 18.0 Å². The molecule has 0 aliphatic carbocycles. The Bertz CT molecular complexity index is 753. The second-order valence-corrected chi connectivity index (χ2v) is 5.86. The maximum Gasteiger partial charge on any atom is 0.306 e. The maximum absolute atomic E-state index is 12.8. The van der Waals surface area contributed by atoms with E-state index < -0.39 is 15.9 Å². The fourth-order valence-corrected chi connectivity index (χ4v) is 2.04. The lowest BCUT2D eigenvalue weighted by atomic mass is 10.2. The molecule has 0 atom stereocenters. The summed E-state index contributed by atoms with van der Waals surface area (Å²) in [4.78, 5) is 0. The summed E-state index contributed by atoms with van der Waals surface area (Å²) >= 11 is 0. The maximum atomic E-state index is 12.8. The molecule has 0 heterocycles. The van der Waals surface area contributed by atoms with Gasteiger partial charge in [-0.1, -0.05) is 0 Å². The predicted molar refractivity (Wildman–Crippen MR) is 76.8 cm³/mol. The van der Waals surface area contributed by atoms with Crippen LogP contribution in [0.3, 0.4) is 0 Å². The minimum atomic E-state index is -3.58. The van der Waals surface area contributed by atoms with Gasteiger partial charge in [0.25, 0.3) is 0 Å². The van der Waals surface area contributed by atoms with Crippen molar-refractivity contribution in [3.8, 4) is 5.75 Å². The van der Waals surface area contributed by atoms with Crippen molar-refractivity contribution in [2.45, 2.75) is 0 Å². The third kappa shape index (κ3) is 4.57. The zero-order chi connectivity index (χ0) is 15.5. The highest BCUT2D eigenvalue weighted by Crippen LogP contribution is 2.15. The topological polar surface area (TPSA) is 69.4 Å². The normalized spacial score (nSPS) is 12.2. The van der Waals surface area contributed by atoms with Crippen LogP contribution in [0.5, 0.6) is 5.75 Å². The lowest BCUT2D eigenvalue weighted by Gasteiger charge is -2.04. The molecular weight excluding hydrogens is 297 g/mol. The number of benzene rings is 2. The summed E-state index contributed by atoms with van der Waals surface area (Å²) in [6, 6.07) is 11.1. The molecule has 5 nitrogen and oxygen atoms in total. The van der Waals surface area contributed by atoms with Crippen LogP contribution >= 0.6 is 0 Å². The Morgan fingerprint density at radius 2 is 1.67 bits per heavy atom. The Balaban J connectivity index is 2.19. The highest BCUT2D eigenvalue weighted by atomic mass is 32.2. The average molecular weight is 309 g/mol. The molecular formula is C14H12FNO4S. The zero-order valence-electron chi connectivity index (χ0n) is 11.1. The van der Waals surface area contributed by atoms with E-state index in [0.717, 1.165) is 6.26 Å². The molecule has 21 heavy (non-hydrogen) atoms. The van der Waals surface area contributed by atoms with E-state index in [4.69, 9.17) is 0 Å². The van der Waals surface area contributed by atoms with Gasteiger partial charge in [0.2, 0.25) is 5.69 Å². The van der Waals surface area contributed by atoms with Crippen LogP contribution in [0.2, 0.25) is 0 Å². The molecule has 0 aliphatic rings. The van der Waals surface area contributed by atoms with E-state index in [2.05, 4.69) is 4.18 Å². The van der Waals surface area contributed by atoms with E-state index >= 15 is 0 Å². The molecule has 0 fully saturated rings. The van der Waals surface area contributed by atoms with Crippen molar-refractivity contribution in [3.63, 3.8) is 0 Å². The molecule has 0 radical (unpaired) electrons. The lowest BCUT2D eigenvalue weighted by Crippen LogP contribution is -2.05. The highest BCUT2D eigenvalue weighted by molar-refractivity contribution is 7.86. The highest BCUT2D eigenvalue weighted by Gasteiger charge is 2.05. The van der Waals surface area contributed by atoms with Crippen molar-refractivity contribution >= 4 is 22.0 Å². The molecule has 0 bridgehead atoms. The molecule has 0 N–H and O–H groups in total. The first-order valence-electron chi connectivity index (χ1n) is 5.90. The van der Waals surface area contributed by atoms with Gasteiger partial charge in [0.1, 0.15) is 11.6 Å². The molecule has 7 heteroatoms. The van der Waals surface area contributed by atoms with Crippen LogP contribution < -0.4 is 4.18 Å². The van der Waals surface area contributed by atoms with Gasteiger partial charge in [-0.25, -0.2) is 4.39 Å². The number of nitrogens with zero attached hydrogens (tertiary/aromatic N) is 1. The second kappa shape index (κ2) is 5.92. The van der Waals surface area contributed by atoms with E-state index in [1.807, 2.05) is 0 Å². The molecule has 0 unspecified atom stereocenters. The van der Waals surface area contributed by atoms with Crippen LogP contribution in [-0.4, -0.2) is 25.6 Å². The molecule has 0 saturated carbocycles. The third-order valence-corrected chi connectivity index (χ3v) is 2.97. The molecule has 0 spiro atoms. The second-order valence-electron chi connectivity index (χ2n) is 4.29. The Morgan fingerprint density at radius 1 is 1.10 bits per heavy atom. The van der Waals surface area contributed by atoms with Gasteiger partial charge in [0.15, 0.2) is 6.21 Å². The summed E-state index contributed by atoms with van der Waals surface area (Å²) < 4.78 is 40.0. The van der Waals surface area contributed by atoms with Crippen LogP contribution in [0.25, 0.3) is 0 Å². The minimum Gasteiger partial charge on any atom is -0.618 e. The molecule has 0 amide bonds. The van der Waals surface area contributed by atoms with Gasteiger partial charge in [0, 0.05) is 17.7 Å². The quantitative estimate of drug-likeness (QED) is 0.286. The van der Waals surface area contributed by atoms with E-state index in [1.165, 1.54) is 54.7 Å². The van der Waals surface area contributed by atoms with Crippen LogP contribution in [-0.2, 0) is 10.1 Å². The summed E-state index contributed by atoms with van der Waals surface area (Å²) in [5.41, 5.74) is 0.836. The number of hydrogen-bond acceptors (Lipinski definition) is 4. The van der Waals surface area contributed by atoms with Crippen LogP contribution in [0, 0.1) is 11.0 Å². The van der Waals surface area contributed by atoms with Crippen molar-refractivity contribution in [2.24, 2.45) is 0 Å². The summed E-state index contributed by atoms with van der Waals surface area (Å²) in [5.74, 6) is -0.261. The molecule has 2 aromatic rings. The zero-order valence-corrected chi connectivity index (χ0v) is 11.9. The van der Waals surface area contributed by atoms with Crippen molar-refractivity contribution in [2.75, 3.05) is 6.26 Å². The Hall–Kier alpha value is -2.41. The monoisotopic (exact) mass is 309 g/mol. The standard InChI is InChI=1S/C14H12FNO4S/c1-21(18,19)20-14-8-2-11(3-9-14)10-16(17)13-6-4-12(15)5-7-13/h2-10H,1H3/b16-10-. The lowest BCUT2D eigenvalue weighted by molar-refractivity contribution is -0.354. The molecule has 2 aromatic carbocycles. The SMILES string of the molecule is CS(=O)(=O)Oc1ccc(/C=[N+](\[O-])c2ccc(F)cc2)cc1. The van der Waals surface area contributed by atoms with E-state index in [0.29, 0.717) is 10.3 Å². The molecule has 0 aliphatic heterocycles. The van der Waals surface area contributed by atoms with Crippen molar-refractivity contribution < 1.29 is 21.7 Å². The van der Waals surface area contributed by atoms with Crippen molar-refractivity contribution in [1.82, 2.24) is 0 Å². The summed E-state index contributed by atoms with van der Waals surface area (Å²) in [7, 11) is -3.58. The van der Waals surface area contributed by atoms with Gasteiger partial charge in [-0.2, -0.15) is 13.2 Å². The Morgan fingerprint density at radius 3 is 2.19 bits per heavy atom. The molecule has 0 aromatic heterocycles. The summed E-state index contributed by atoms with van der Waals surface area (Å²) in [5, 5.41) is 11.9. The first-order valence-corrected chi connectivity index (χ1v) is 7.71.